The molecular formula is C13H15ClN2O3. The van der Waals surface area contributed by atoms with Gasteiger partial charge in [-0.2, -0.15) is 0 Å². The Morgan fingerprint density at radius 1 is 1.37 bits per heavy atom. The van der Waals surface area contributed by atoms with Crippen molar-refractivity contribution in [1.82, 2.24) is 4.90 Å². The van der Waals surface area contributed by atoms with Crippen molar-refractivity contribution in [3.8, 4) is 0 Å². The van der Waals surface area contributed by atoms with Gasteiger partial charge >= 0.3 is 11.8 Å². The van der Waals surface area contributed by atoms with Crippen LogP contribution >= 0.6 is 11.6 Å². The second-order valence-electron chi connectivity index (χ2n) is 4.48. The Morgan fingerprint density at radius 2 is 2.11 bits per heavy atom. The van der Waals surface area contributed by atoms with Crippen LogP contribution in [0.2, 0.25) is 5.02 Å². The van der Waals surface area contributed by atoms with E-state index in [9.17, 15) is 14.7 Å². The largest absolute Gasteiger partial charge is 0.391 e. The fourth-order valence-electron chi connectivity index (χ4n) is 2.02. The number of anilines is 1. The van der Waals surface area contributed by atoms with Gasteiger partial charge in [-0.05, 0) is 25.0 Å². The average Bonchev–Trinajstić information content (AvgIpc) is 2.40. The summed E-state index contributed by atoms with van der Waals surface area (Å²) in [4.78, 5) is 25.1. The number of halogens is 1. The predicted molar refractivity (Wildman–Crippen MR) is 71.9 cm³/mol. The van der Waals surface area contributed by atoms with Crippen LogP contribution in [0.25, 0.3) is 0 Å². The van der Waals surface area contributed by atoms with Crippen molar-refractivity contribution in [2.24, 2.45) is 0 Å². The molecule has 1 heterocycles. The quantitative estimate of drug-likeness (QED) is 0.762. The van der Waals surface area contributed by atoms with Crippen LogP contribution in [0.5, 0.6) is 0 Å². The number of β-amino-alcohol motifs (C(OH)–C–C–N with tert-alkyl or cyclic N) is 1. The van der Waals surface area contributed by atoms with Crippen molar-refractivity contribution < 1.29 is 14.7 Å². The second kappa shape index (κ2) is 6.04. The molecule has 0 radical (unpaired) electrons. The number of nitrogens with one attached hydrogen (secondary N) is 1. The molecule has 1 aliphatic heterocycles. The van der Waals surface area contributed by atoms with Gasteiger partial charge in [0.05, 0.1) is 16.8 Å². The zero-order chi connectivity index (χ0) is 13.8. The van der Waals surface area contributed by atoms with Crippen LogP contribution in [0.15, 0.2) is 24.3 Å². The Balaban J connectivity index is 2.00. The van der Waals surface area contributed by atoms with Gasteiger partial charge in [0.15, 0.2) is 0 Å². The number of hydrogen-bond acceptors (Lipinski definition) is 3. The van der Waals surface area contributed by atoms with Crippen molar-refractivity contribution in [3.63, 3.8) is 0 Å². The van der Waals surface area contributed by atoms with E-state index in [0.29, 0.717) is 30.1 Å². The molecule has 0 spiro atoms. The smallest absolute Gasteiger partial charge is 0.313 e. The van der Waals surface area contributed by atoms with Gasteiger partial charge in [0, 0.05) is 13.1 Å². The van der Waals surface area contributed by atoms with Crippen LogP contribution in [0.4, 0.5) is 5.69 Å². The number of likely N-dealkylation sites (tertiary alicyclic amines) is 1. The highest BCUT2D eigenvalue weighted by atomic mass is 35.5. The maximum absolute atomic E-state index is 11.9. The lowest BCUT2D eigenvalue weighted by Crippen LogP contribution is -2.46. The predicted octanol–water partition coefficient (Wildman–Crippen LogP) is 1.26. The van der Waals surface area contributed by atoms with Gasteiger partial charge in [0.25, 0.3) is 0 Å². The molecule has 2 amide bonds. The van der Waals surface area contributed by atoms with E-state index in [4.69, 9.17) is 11.6 Å². The maximum atomic E-state index is 11.9. The number of aliphatic hydroxyl groups is 1. The minimum atomic E-state index is -0.734. The summed E-state index contributed by atoms with van der Waals surface area (Å²) >= 11 is 5.90. The first-order valence-electron chi connectivity index (χ1n) is 6.11. The first-order chi connectivity index (χ1) is 9.08. The van der Waals surface area contributed by atoms with Crippen molar-refractivity contribution in [3.05, 3.63) is 29.3 Å². The average molecular weight is 283 g/mol. The number of benzene rings is 1. The molecule has 1 aliphatic rings. The molecule has 1 aromatic rings. The molecule has 2 N–H and O–H groups in total. The number of aliphatic hydroxyl groups excluding tert-OH is 1. The third kappa shape index (κ3) is 3.45. The summed E-state index contributed by atoms with van der Waals surface area (Å²) in [5.74, 6) is -1.37. The third-order valence-electron chi connectivity index (χ3n) is 3.00. The molecule has 5 nitrogen and oxygen atoms in total. The summed E-state index contributed by atoms with van der Waals surface area (Å²) in [7, 11) is 0. The number of amides is 2. The topological polar surface area (TPSA) is 69.6 Å². The van der Waals surface area contributed by atoms with E-state index in [2.05, 4.69) is 5.32 Å². The number of para-hydroxylation sites is 1. The fourth-order valence-corrected chi connectivity index (χ4v) is 2.20. The molecule has 19 heavy (non-hydrogen) atoms. The zero-order valence-corrected chi connectivity index (χ0v) is 11.1. The molecule has 1 aromatic carbocycles. The van der Waals surface area contributed by atoms with E-state index in [0.717, 1.165) is 0 Å². The Kier molecular flexibility index (Phi) is 4.39. The summed E-state index contributed by atoms with van der Waals surface area (Å²) in [5, 5.41) is 12.4. The number of hydrogen-bond donors (Lipinski definition) is 2. The molecule has 1 saturated heterocycles. The monoisotopic (exact) mass is 282 g/mol. The lowest BCUT2D eigenvalue weighted by molar-refractivity contribution is -0.145. The Morgan fingerprint density at radius 3 is 2.79 bits per heavy atom. The molecule has 1 unspecified atom stereocenters. The Hall–Kier alpha value is -1.59. The summed E-state index contributed by atoms with van der Waals surface area (Å²) in [5.41, 5.74) is 0.403. The number of rotatable bonds is 1. The van der Waals surface area contributed by atoms with Gasteiger partial charge < -0.3 is 15.3 Å². The summed E-state index contributed by atoms with van der Waals surface area (Å²) in [6, 6.07) is 6.71. The maximum Gasteiger partial charge on any atom is 0.313 e. The Bertz CT molecular complexity index is 493. The summed E-state index contributed by atoms with van der Waals surface area (Å²) in [6.45, 7) is 0.695. The highest BCUT2D eigenvalue weighted by molar-refractivity contribution is 6.41. The van der Waals surface area contributed by atoms with Crippen LogP contribution in [0.3, 0.4) is 0 Å². The zero-order valence-electron chi connectivity index (χ0n) is 10.3. The molecule has 2 rings (SSSR count). The highest BCUT2D eigenvalue weighted by Crippen LogP contribution is 2.20. The minimum absolute atomic E-state index is 0.203. The van der Waals surface area contributed by atoms with Gasteiger partial charge in [0.1, 0.15) is 0 Å². The van der Waals surface area contributed by atoms with Crippen molar-refractivity contribution in [2.45, 2.75) is 18.9 Å². The van der Waals surface area contributed by atoms with E-state index in [1.165, 1.54) is 4.90 Å². The molecule has 102 valence electrons. The lowest BCUT2D eigenvalue weighted by Gasteiger charge is -2.29. The molecule has 1 atom stereocenters. The van der Waals surface area contributed by atoms with Crippen LogP contribution in [-0.2, 0) is 9.59 Å². The molecule has 6 heteroatoms. The number of carbonyl (C=O) groups is 2. The molecule has 0 bridgehead atoms. The van der Waals surface area contributed by atoms with Crippen molar-refractivity contribution >= 4 is 29.1 Å². The van der Waals surface area contributed by atoms with Crippen LogP contribution in [-0.4, -0.2) is 41.0 Å². The van der Waals surface area contributed by atoms with Crippen molar-refractivity contribution in [2.75, 3.05) is 18.4 Å². The molecule has 0 saturated carbocycles. The first-order valence-corrected chi connectivity index (χ1v) is 6.48. The SMILES string of the molecule is O=C(Nc1ccccc1Cl)C(=O)N1CCCC(O)C1. The third-order valence-corrected chi connectivity index (χ3v) is 3.33. The summed E-state index contributed by atoms with van der Waals surface area (Å²) in [6.07, 6.45) is 0.813. The van der Waals surface area contributed by atoms with Crippen LogP contribution in [0, 0.1) is 0 Å². The second-order valence-corrected chi connectivity index (χ2v) is 4.89. The van der Waals surface area contributed by atoms with E-state index >= 15 is 0 Å². The first kappa shape index (κ1) is 13.8. The van der Waals surface area contributed by atoms with Gasteiger partial charge in [-0.25, -0.2) is 0 Å². The molecule has 0 aromatic heterocycles. The Labute approximate surface area is 116 Å². The van der Waals surface area contributed by atoms with Gasteiger partial charge in [-0.15, -0.1) is 0 Å². The standard InChI is InChI=1S/C13H15ClN2O3/c14-10-5-1-2-6-11(10)15-12(18)13(19)16-7-3-4-9(17)8-16/h1-2,5-6,9,17H,3-4,7-8H2,(H,15,18). The summed E-state index contributed by atoms with van der Waals surface area (Å²) < 4.78 is 0. The van der Waals surface area contributed by atoms with Gasteiger partial charge in [0.2, 0.25) is 0 Å². The number of nitrogens with zero attached hydrogens (tertiary/aromatic N) is 1. The molecule has 1 fully saturated rings. The van der Waals surface area contributed by atoms with E-state index < -0.39 is 17.9 Å². The van der Waals surface area contributed by atoms with Gasteiger partial charge in [-0.3, -0.25) is 9.59 Å². The van der Waals surface area contributed by atoms with Crippen molar-refractivity contribution in [1.29, 1.82) is 0 Å². The number of carbonyl (C=O) groups excluding carboxylic acids is 2. The highest BCUT2D eigenvalue weighted by Gasteiger charge is 2.27. The van der Waals surface area contributed by atoms with E-state index in [-0.39, 0.29) is 6.54 Å². The van der Waals surface area contributed by atoms with Crippen LogP contribution in [0.1, 0.15) is 12.8 Å². The fraction of sp³-hybridized carbons (Fsp3) is 0.385. The molecular weight excluding hydrogens is 268 g/mol. The van der Waals surface area contributed by atoms with Gasteiger partial charge in [-0.1, -0.05) is 23.7 Å². The normalized spacial score (nSPS) is 19.1. The molecule has 0 aliphatic carbocycles. The van der Waals surface area contributed by atoms with E-state index in [1.54, 1.807) is 24.3 Å². The lowest BCUT2D eigenvalue weighted by atomic mass is 10.1. The number of piperidine rings is 1. The minimum Gasteiger partial charge on any atom is -0.391 e. The van der Waals surface area contributed by atoms with Crippen LogP contribution < -0.4 is 5.32 Å². The van der Waals surface area contributed by atoms with E-state index in [1.807, 2.05) is 0 Å².